The lowest BCUT2D eigenvalue weighted by Crippen LogP contribution is -2.45. The predicted octanol–water partition coefficient (Wildman–Crippen LogP) is 4.93. The highest BCUT2D eigenvalue weighted by Gasteiger charge is 2.31. The average molecular weight is 342 g/mol. The van der Waals surface area contributed by atoms with Crippen molar-refractivity contribution in [2.45, 2.75) is 52.5 Å². The van der Waals surface area contributed by atoms with E-state index < -0.39 is 11.6 Å². The molecule has 0 aliphatic carbocycles. The lowest BCUT2D eigenvalue weighted by Gasteiger charge is -2.30. The SMILES string of the molecule is CC(C)(C)c1cc2nc(N(C(=O)O)C(C)(C)C)sc2nc1Cl. The van der Waals surface area contributed by atoms with Gasteiger partial charge in [0.1, 0.15) is 15.5 Å². The minimum atomic E-state index is -1.03. The highest BCUT2D eigenvalue weighted by Crippen LogP contribution is 2.36. The topological polar surface area (TPSA) is 66.3 Å². The fraction of sp³-hybridized carbons (Fsp3) is 0.533. The highest BCUT2D eigenvalue weighted by molar-refractivity contribution is 7.22. The summed E-state index contributed by atoms with van der Waals surface area (Å²) >= 11 is 7.50. The van der Waals surface area contributed by atoms with E-state index in [4.69, 9.17) is 11.6 Å². The van der Waals surface area contributed by atoms with Gasteiger partial charge < -0.3 is 5.11 Å². The molecule has 1 N–H and O–H groups in total. The number of amides is 1. The summed E-state index contributed by atoms with van der Waals surface area (Å²) in [7, 11) is 0. The number of hydrogen-bond acceptors (Lipinski definition) is 4. The van der Waals surface area contributed by atoms with Crippen molar-refractivity contribution in [1.29, 1.82) is 0 Å². The molecule has 2 aromatic heterocycles. The molecule has 0 aromatic carbocycles. The Morgan fingerprint density at radius 2 is 1.82 bits per heavy atom. The van der Waals surface area contributed by atoms with Crippen molar-refractivity contribution in [3.8, 4) is 0 Å². The first-order chi connectivity index (χ1) is 9.91. The van der Waals surface area contributed by atoms with Crippen molar-refractivity contribution in [2.75, 3.05) is 4.90 Å². The van der Waals surface area contributed by atoms with E-state index in [1.165, 1.54) is 16.2 Å². The molecule has 0 atom stereocenters. The Balaban J connectivity index is 2.62. The van der Waals surface area contributed by atoms with Crippen molar-refractivity contribution in [3.05, 3.63) is 16.8 Å². The first-order valence-corrected chi connectivity index (χ1v) is 8.11. The number of nitrogens with zero attached hydrogens (tertiary/aromatic N) is 3. The molecule has 0 saturated heterocycles. The number of thiazole rings is 1. The lowest BCUT2D eigenvalue weighted by atomic mass is 9.88. The molecule has 0 radical (unpaired) electrons. The molecule has 1 amide bonds. The number of aromatic nitrogens is 2. The van der Waals surface area contributed by atoms with E-state index in [0.29, 0.717) is 20.6 Å². The van der Waals surface area contributed by atoms with Crippen LogP contribution in [0.4, 0.5) is 9.93 Å². The van der Waals surface area contributed by atoms with Crippen molar-refractivity contribution >= 4 is 44.5 Å². The fourth-order valence-electron chi connectivity index (χ4n) is 2.11. The number of carbonyl (C=O) groups is 1. The van der Waals surface area contributed by atoms with Gasteiger partial charge in [-0.3, -0.25) is 0 Å². The highest BCUT2D eigenvalue weighted by atomic mass is 35.5. The van der Waals surface area contributed by atoms with E-state index in [9.17, 15) is 9.90 Å². The predicted molar refractivity (Wildman–Crippen MR) is 91.4 cm³/mol. The Morgan fingerprint density at radius 1 is 1.23 bits per heavy atom. The Morgan fingerprint density at radius 3 is 2.27 bits per heavy atom. The van der Waals surface area contributed by atoms with Gasteiger partial charge in [-0.05, 0) is 37.8 Å². The summed E-state index contributed by atoms with van der Waals surface area (Å²) in [4.78, 5) is 22.3. The Kier molecular flexibility index (Phi) is 4.13. The van der Waals surface area contributed by atoms with E-state index in [0.717, 1.165) is 5.56 Å². The number of rotatable bonds is 1. The molecule has 2 heterocycles. The van der Waals surface area contributed by atoms with Gasteiger partial charge in [-0.15, -0.1) is 0 Å². The summed E-state index contributed by atoms with van der Waals surface area (Å²) in [6.45, 7) is 11.6. The fourth-order valence-corrected chi connectivity index (χ4v) is 3.69. The first-order valence-electron chi connectivity index (χ1n) is 6.92. The first kappa shape index (κ1) is 17.0. The summed E-state index contributed by atoms with van der Waals surface area (Å²) in [5, 5.41) is 10.3. The number of anilines is 1. The van der Waals surface area contributed by atoms with E-state index in [1.54, 1.807) is 0 Å². The van der Waals surface area contributed by atoms with Crippen LogP contribution in [-0.4, -0.2) is 26.7 Å². The van der Waals surface area contributed by atoms with Crippen LogP contribution in [0.3, 0.4) is 0 Å². The number of hydrogen-bond donors (Lipinski definition) is 1. The second-order valence-electron chi connectivity index (χ2n) is 7.19. The van der Waals surface area contributed by atoms with Gasteiger partial charge >= 0.3 is 6.09 Å². The second kappa shape index (κ2) is 5.35. The third kappa shape index (κ3) is 3.17. The zero-order valence-electron chi connectivity index (χ0n) is 13.6. The summed E-state index contributed by atoms with van der Waals surface area (Å²) in [6, 6.07) is 1.90. The van der Waals surface area contributed by atoms with Gasteiger partial charge in [-0.25, -0.2) is 19.7 Å². The molecule has 0 aliphatic heterocycles. The van der Waals surface area contributed by atoms with Crippen LogP contribution in [0.5, 0.6) is 0 Å². The second-order valence-corrected chi connectivity index (χ2v) is 8.50. The summed E-state index contributed by atoms with van der Waals surface area (Å²) in [5.41, 5.74) is 0.829. The van der Waals surface area contributed by atoms with Crippen LogP contribution in [0.1, 0.15) is 47.1 Å². The number of fused-ring (bicyclic) bond motifs is 1. The molecular formula is C15H20ClN3O2S. The molecule has 0 aliphatic rings. The van der Waals surface area contributed by atoms with E-state index in [-0.39, 0.29) is 5.41 Å². The van der Waals surface area contributed by atoms with E-state index >= 15 is 0 Å². The molecule has 2 aromatic rings. The molecule has 22 heavy (non-hydrogen) atoms. The zero-order chi connectivity index (χ0) is 16.9. The number of halogens is 1. The van der Waals surface area contributed by atoms with Crippen LogP contribution >= 0.6 is 22.9 Å². The molecule has 0 unspecified atom stereocenters. The molecule has 0 saturated carbocycles. The van der Waals surface area contributed by atoms with Gasteiger partial charge in [0.15, 0.2) is 5.13 Å². The minimum absolute atomic E-state index is 0.154. The van der Waals surface area contributed by atoms with Crippen molar-refractivity contribution in [1.82, 2.24) is 9.97 Å². The molecule has 0 bridgehead atoms. The normalized spacial score (nSPS) is 12.7. The van der Waals surface area contributed by atoms with Crippen molar-refractivity contribution in [2.24, 2.45) is 0 Å². The summed E-state index contributed by atoms with van der Waals surface area (Å²) in [5.74, 6) is 0. The average Bonchev–Trinajstić information content (AvgIpc) is 2.65. The molecular weight excluding hydrogens is 322 g/mol. The quantitative estimate of drug-likeness (QED) is 0.747. The third-order valence-corrected chi connectivity index (χ3v) is 4.43. The molecule has 2 rings (SSSR count). The van der Waals surface area contributed by atoms with Crippen molar-refractivity contribution < 1.29 is 9.90 Å². The molecule has 5 nitrogen and oxygen atoms in total. The molecule has 0 spiro atoms. The minimum Gasteiger partial charge on any atom is -0.465 e. The monoisotopic (exact) mass is 341 g/mol. The van der Waals surface area contributed by atoms with Crippen molar-refractivity contribution in [3.63, 3.8) is 0 Å². The summed E-state index contributed by atoms with van der Waals surface area (Å²) < 4.78 is 0. The number of pyridine rings is 1. The van der Waals surface area contributed by atoms with Gasteiger partial charge in [-0.1, -0.05) is 43.7 Å². The number of carboxylic acid groups (broad SMARTS) is 1. The third-order valence-electron chi connectivity index (χ3n) is 3.19. The van der Waals surface area contributed by atoms with Gasteiger partial charge in [0, 0.05) is 5.54 Å². The van der Waals surface area contributed by atoms with Crippen LogP contribution in [0.15, 0.2) is 6.07 Å². The zero-order valence-corrected chi connectivity index (χ0v) is 15.1. The standard InChI is InChI=1S/C15H20ClN3O2S/c1-14(2,3)8-7-9-11(18-10(8)16)22-12(17-9)19(13(20)21)15(4,5)6/h7H,1-6H3,(H,20,21). The van der Waals surface area contributed by atoms with Crippen LogP contribution in [-0.2, 0) is 5.41 Å². The maximum absolute atomic E-state index is 11.6. The Bertz CT molecular complexity index is 729. The van der Waals surface area contributed by atoms with Gasteiger partial charge in [-0.2, -0.15) is 0 Å². The van der Waals surface area contributed by atoms with Gasteiger partial charge in [0.05, 0.1) is 0 Å². The largest absolute Gasteiger partial charge is 0.465 e. The van der Waals surface area contributed by atoms with Gasteiger partial charge in [0.25, 0.3) is 0 Å². The van der Waals surface area contributed by atoms with Crippen LogP contribution in [0.2, 0.25) is 5.15 Å². The summed E-state index contributed by atoms with van der Waals surface area (Å²) in [6.07, 6.45) is -1.03. The Labute approximate surface area is 138 Å². The van der Waals surface area contributed by atoms with E-state index in [2.05, 4.69) is 9.97 Å². The lowest BCUT2D eigenvalue weighted by molar-refractivity contribution is 0.195. The molecule has 120 valence electrons. The maximum Gasteiger partial charge on any atom is 0.414 e. The van der Waals surface area contributed by atoms with E-state index in [1.807, 2.05) is 47.6 Å². The maximum atomic E-state index is 11.6. The van der Waals surface area contributed by atoms with Crippen LogP contribution in [0, 0.1) is 0 Å². The van der Waals surface area contributed by atoms with Crippen LogP contribution < -0.4 is 4.90 Å². The smallest absolute Gasteiger partial charge is 0.414 e. The Hall–Kier alpha value is -1.40. The molecule has 7 heteroatoms. The molecule has 0 fully saturated rings. The van der Waals surface area contributed by atoms with Crippen LogP contribution in [0.25, 0.3) is 10.3 Å². The van der Waals surface area contributed by atoms with Gasteiger partial charge in [0.2, 0.25) is 0 Å².